The zero-order valence-corrected chi connectivity index (χ0v) is 17.2. The summed E-state index contributed by atoms with van der Waals surface area (Å²) < 4.78 is 18.5. The molecule has 0 radical (unpaired) electrons. The van der Waals surface area contributed by atoms with E-state index in [-0.39, 0.29) is 5.97 Å². The van der Waals surface area contributed by atoms with E-state index in [0.717, 1.165) is 25.0 Å². The first kappa shape index (κ1) is 22.4. The largest absolute Gasteiger partial charge is 0.494 e. The first-order valence-corrected chi connectivity index (χ1v) is 9.91. The Morgan fingerprint density at radius 2 is 1.62 bits per heavy atom. The highest BCUT2D eigenvalue weighted by Crippen LogP contribution is 2.18. The normalized spacial score (nSPS) is 10.1. The van der Waals surface area contributed by atoms with Gasteiger partial charge in [0.15, 0.2) is 0 Å². The summed E-state index contributed by atoms with van der Waals surface area (Å²) >= 11 is 3.69. The molecule has 8 heteroatoms. The summed E-state index contributed by atoms with van der Waals surface area (Å²) in [6.45, 7) is 3.31. The van der Waals surface area contributed by atoms with Gasteiger partial charge in [-0.1, -0.05) is 18.9 Å². The van der Waals surface area contributed by atoms with Crippen LogP contribution >= 0.6 is 12.8 Å². The van der Waals surface area contributed by atoms with Crippen molar-refractivity contribution in [3.63, 3.8) is 0 Å². The summed E-state index contributed by atoms with van der Waals surface area (Å²) in [6.07, 6.45) is 2.74. The van der Waals surface area contributed by atoms with E-state index in [4.69, 9.17) is 14.2 Å². The molecule has 0 aliphatic carbocycles. The fourth-order valence-electron chi connectivity index (χ4n) is 2.49. The Bertz CT molecular complexity index is 783. The number of amides is 2. The van der Waals surface area contributed by atoms with E-state index in [1.165, 1.54) is 0 Å². The average Bonchev–Trinajstić information content (AvgIpc) is 2.74. The first-order valence-electron chi connectivity index (χ1n) is 9.46. The number of carbonyl (C=O) groups excluding carboxylic acids is 2. The number of unbranched alkanes of at least 4 members (excludes halogenated alkanes) is 2. The van der Waals surface area contributed by atoms with Crippen LogP contribution in [0.4, 0.5) is 10.5 Å². The molecule has 29 heavy (non-hydrogen) atoms. The molecule has 2 amide bonds. The SMILES string of the molecule is CCOC(=O)c1ccc(OCCCCCOc2cccc(NC(=O)NS)c2)cc1. The summed E-state index contributed by atoms with van der Waals surface area (Å²) in [7, 11) is 0. The van der Waals surface area contributed by atoms with Gasteiger partial charge in [0.1, 0.15) is 11.5 Å². The molecule has 2 aromatic carbocycles. The number of hydrogen-bond donors (Lipinski definition) is 3. The summed E-state index contributed by atoms with van der Waals surface area (Å²) in [6, 6.07) is 13.7. The minimum Gasteiger partial charge on any atom is -0.494 e. The van der Waals surface area contributed by atoms with Crippen LogP contribution in [0.1, 0.15) is 36.5 Å². The predicted molar refractivity (Wildman–Crippen MR) is 115 cm³/mol. The molecule has 7 nitrogen and oxygen atoms in total. The molecule has 0 aliphatic heterocycles. The maximum Gasteiger partial charge on any atom is 0.338 e. The molecule has 0 fully saturated rings. The highest BCUT2D eigenvalue weighted by atomic mass is 32.1. The lowest BCUT2D eigenvalue weighted by atomic mass is 10.2. The van der Waals surface area contributed by atoms with Crippen LogP contribution in [0.3, 0.4) is 0 Å². The maximum absolute atomic E-state index is 11.6. The molecule has 2 rings (SSSR count). The van der Waals surface area contributed by atoms with Crippen LogP contribution in [-0.2, 0) is 4.74 Å². The van der Waals surface area contributed by atoms with Crippen LogP contribution in [0.2, 0.25) is 0 Å². The monoisotopic (exact) mass is 418 g/mol. The second-order valence-corrected chi connectivity index (χ2v) is 6.32. The third kappa shape index (κ3) is 8.35. The van der Waals surface area contributed by atoms with Crippen LogP contribution in [0.25, 0.3) is 0 Å². The number of thiol groups is 1. The van der Waals surface area contributed by atoms with E-state index in [9.17, 15) is 9.59 Å². The van der Waals surface area contributed by atoms with Gasteiger partial charge >= 0.3 is 12.0 Å². The van der Waals surface area contributed by atoms with E-state index in [1.807, 2.05) is 12.1 Å². The van der Waals surface area contributed by atoms with Crippen molar-refractivity contribution in [2.45, 2.75) is 26.2 Å². The molecule has 2 aromatic rings. The number of carbonyl (C=O) groups is 2. The van der Waals surface area contributed by atoms with E-state index in [0.29, 0.717) is 36.8 Å². The lowest BCUT2D eigenvalue weighted by Gasteiger charge is -2.09. The molecule has 2 N–H and O–H groups in total. The number of ether oxygens (including phenoxy) is 3. The molecule has 0 spiro atoms. The molecule has 0 atom stereocenters. The summed E-state index contributed by atoms with van der Waals surface area (Å²) in [5.74, 6) is 1.09. The minimum absolute atomic E-state index is 0.328. The van der Waals surface area contributed by atoms with Gasteiger partial charge in [-0.05, 0) is 62.6 Å². The maximum atomic E-state index is 11.6. The van der Waals surface area contributed by atoms with E-state index < -0.39 is 6.03 Å². The van der Waals surface area contributed by atoms with Gasteiger partial charge in [-0.25, -0.2) is 9.59 Å². The van der Waals surface area contributed by atoms with Crippen molar-refractivity contribution in [1.29, 1.82) is 0 Å². The molecule has 156 valence electrons. The smallest absolute Gasteiger partial charge is 0.338 e. The third-order valence-corrected chi connectivity index (χ3v) is 4.09. The van der Waals surface area contributed by atoms with E-state index in [2.05, 4.69) is 22.9 Å². The van der Waals surface area contributed by atoms with Crippen LogP contribution in [0.15, 0.2) is 48.5 Å². The fourth-order valence-corrected chi connectivity index (χ4v) is 2.54. The number of anilines is 1. The molecule has 0 aromatic heterocycles. The van der Waals surface area contributed by atoms with Crippen molar-refractivity contribution < 1.29 is 23.8 Å². The van der Waals surface area contributed by atoms with E-state index >= 15 is 0 Å². The minimum atomic E-state index is -0.402. The number of esters is 1. The van der Waals surface area contributed by atoms with Crippen molar-refractivity contribution >= 4 is 30.5 Å². The third-order valence-electron chi connectivity index (χ3n) is 3.89. The number of benzene rings is 2. The number of hydrogen-bond acceptors (Lipinski definition) is 6. The Labute approximate surface area is 176 Å². The number of rotatable bonds is 11. The van der Waals surface area contributed by atoms with Crippen molar-refractivity contribution in [3.8, 4) is 11.5 Å². The fraction of sp³-hybridized carbons (Fsp3) is 0.333. The Morgan fingerprint density at radius 1 is 0.931 bits per heavy atom. The highest BCUT2D eigenvalue weighted by Gasteiger charge is 2.06. The van der Waals surface area contributed by atoms with Crippen molar-refractivity contribution in [2.24, 2.45) is 0 Å². The topological polar surface area (TPSA) is 85.9 Å². The molecule has 0 heterocycles. The van der Waals surface area contributed by atoms with Crippen molar-refractivity contribution in [3.05, 3.63) is 54.1 Å². The number of nitrogens with one attached hydrogen (secondary N) is 2. The van der Waals surface area contributed by atoms with Crippen LogP contribution in [0, 0.1) is 0 Å². The Kier molecular flexibility index (Phi) is 9.71. The molecule has 0 unspecified atom stereocenters. The highest BCUT2D eigenvalue weighted by molar-refractivity contribution is 7.78. The molecule has 0 saturated heterocycles. The lowest BCUT2D eigenvalue weighted by Crippen LogP contribution is -2.20. The van der Waals surface area contributed by atoms with Gasteiger partial charge in [0, 0.05) is 11.8 Å². The number of urea groups is 1. The second kappa shape index (κ2) is 12.6. The van der Waals surface area contributed by atoms with Crippen LogP contribution in [-0.4, -0.2) is 31.8 Å². The second-order valence-electron chi connectivity index (χ2n) is 6.10. The Balaban J connectivity index is 1.60. The zero-order valence-electron chi connectivity index (χ0n) is 16.3. The Morgan fingerprint density at radius 3 is 2.28 bits per heavy atom. The standard InChI is InChI=1S/C21H26N2O5S/c1-2-26-20(24)16-9-11-18(12-10-16)27-13-4-3-5-14-28-19-8-6-7-17(15-19)22-21(25)23-29/h6-12,15,29H,2-5,13-14H2,1H3,(H2,22,23,25). The predicted octanol–water partition coefficient (Wildman–Crippen LogP) is 4.46. The molecular formula is C21H26N2O5S. The van der Waals surface area contributed by atoms with Crippen LogP contribution in [0.5, 0.6) is 11.5 Å². The van der Waals surface area contributed by atoms with Gasteiger partial charge in [-0.2, -0.15) is 0 Å². The summed E-state index contributed by atoms with van der Waals surface area (Å²) in [5.41, 5.74) is 1.15. The quantitative estimate of drug-likeness (QED) is 0.285. The van der Waals surface area contributed by atoms with Gasteiger partial charge in [0.2, 0.25) is 0 Å². The summed E-state index contributed by atoms with van der Waals surface area (Å²) in [4.78, 5) is 22.9. The van der Waals surface area contributed by atoms with Gasteiger partial charge in [-0.15, -0.1) is 0 Å². The van der Waals surface area contributed by atoms with Gasteiger partial charge < -0.3 is 19.5 Å². The molecule has 0 saturated carbocycles. The van der Waals surface area contributed by atoms with Gasteiger partial charge in [0.25, 0.3) is 0 Å². The first-order chi connectivity index (χ1) is 14.1. The van der Waals surface area contributed by atoms with Crippen LogP contribution < -0.4 is 19.5 Å². The Hall–Kier alpha value is -2.87. The lowest BCUT2D eigenvalue weighted by molar-refractivity contribution is 0.0526. The average molecular weight is 419 g/mol. The van der Waals surface area contributed by atoms with Crippen molar-refractivity contribution in [2.75, 3.05) is 25.1 Å². The zero-order chi connectivity index (χ0) is 20.9. The molecule has 0 aliphatic rings. The van der Waals surface area contributed by atoms with Gasteiger partial charge in [0.05, 0.1) is 25.4 Å². The molecular weight excluding hydrogens is 392 g/mol. The summed E-state index contributed by atoms with van der Waals surface area (Å²) in [5, 5.41) is 2.63. The molecule has 0 bridgehead atoms. The van der Waals surface area contributed by atoms with Gasteiger partial charge in [-0.3, -0.25) is 4.72 Å². The van der Waals surface area contributed by atoms with E-state index in [1.54, 1.807) is 43.3 Å². The van der Waals surface area contributed by atoms with Crippen molar-refractivity contribution in [1.82, 2.24) is 4.72 Å².